The Hall–Kier alpha value is -3.19. The summed E-state index contributed by atoms with van der Waals surface area (Å²) in [6.45, 7) is 36.4. The third-order valence-electron chi connectivity index (χ3n) is 9.74. The van der Waals surface area contributed by atoms with E-state index in [1.54, 1.807) is 13.8 Å². The van der Waals surface area contributed by atoms with E-state index in [0.29, 0.717) is 17.9 Å². The van der Waals surface area contributed by atoms with Crippen LogP contribution in [0.25, 0.3) is 5.57 Å². The Morgan fingerprint density at radius 2 is 1.58 bits per heavy atom. The average Bonchev–Trinajstić information content (AvgIpc) is 2.98. The molecule has 0 saturated carbocycles. The van der Waals surface area contributed by atoms with E-state index in [1.807, 2.05) is 19.1 Å². The molecular weight excluding hydrogens is 547 g/mol. The number of alkyl halides is 1. The van der Waals surface area contributed by atoms with Crippen molar-refractivity contribution in [3.8, 4) is 0 Å². The molecule has 0 spiro atoms. The number of halogens is 1. The summed E-state index contributed by atoms with van der Waals surface area (Å²) in [6.07, 6.45) is 14.9. The Balaban J connectivity index is 2.62. The van der Waals surface area contributed by atoms with Gasteiger partial charge in [0.1, 0.15) is 5.67 Å². The molecule has 45 heavy (non-hydrogen) atoms. The summed E-state index contributed by atoms with van der Waals surface area (Å²) >= 11 is 0. The zero-order valence-corrected chi connectivity index (χ0v) is 30.5. The van der Waals surface area contributed by atoms with Crippen molar-refractivity contribution in [3.05, 3.63) is 136 Å². The number of benzene rings is 2. The minimum Gasteiger partial charge on any atom is -0.239 e. The molecule has 2 rings (SSSR count). The van der Waals surface area contributed by atoms with Crippen LogP contribution in [0.2, 0.25) is 0 Å². The van der Waals surface area contributed by atoms with Crippen LogP contribution in [0, 0.1) is 32.1 Å². The van der Waals surface area contributed by atoms with Crippen LogP contribution in [-0.4, -0.2) is 0 Å². The van der Waals surface area contributed by atoms with Crippen LogP contribution >= 0.6 is 0 Å². The van der Waals surface area contributed by atoms with Crippen molar-refractivity contribution in [2.45, 2.75) is 120 Å². The standard InChI is InChI=1S/C44H61F/c1-15-18-25-44(14,28-39-22-20-33(8)35(10)36(39)11)29-42(30(4)5)34(9)26-38-23-24-40(43(12,13)45)27-41(38)37(17-3)21-19-32(7)31(6)16-2/h17,19-24,27,29,31H,4,7,9,15-16,18,25-26,28H2,1-3,5-6,8,10-14H3/b21-19-,37-17+,42-29+/t31?,44-/m0/s1. The summed E-state index contributed by atoms with van der Waals surface area (Å²) in [4.78, 5) is 0. The molecule has 2 atom stereocenters. The highest BCUT2D eigenvalue weighted by atomic mass is 19.1. The van der Waals surface area contributed by atoms with Crippen LogP contribution in [-0.2, 0) is 18.5 Å². The molecule has 0 nitrogen and oxygen atoms in total. The number of allylic oxidation sites excluding steroid dienone is 9. The second-order valence-electron chi connectivity index (χ2n) is 14.2. The molecule has 0 radical (unpaired) electrons. The number of hydrogen-bond acceptors (Lipinski definition) is 0. The molecule has 0 saturated heterocycles. The van der Waals surface area contributed by atoms with Crippen molar-refractivity contribution in [1.29, 1.82) is 0 Å². The van der Waals surface area contributed by atoms with E-state index in [4.69, 9.17) is 0 Å². The van der Waals surface area contributed by atoms with Gasteiger partial charge < -0.3 is 0 Å². The van der Waals surface area contributed by atoms with Gasteiger partial charge >= 0.3 is 0 Å². The van der Waals surface area contributed by atoms with Crippen LogP contribution in [0.3, 0.4) is 0 Å². The van der Waals surface area contributed by atoms with Crippen LogP contribution < -0.4 is 0 Å². The number of unbranched alkanes of at least 4 members (excludes halogenated alkanes) is 1. The molecule has 0 aromatic heterocycles. The van der Waals surface area contributed by atoms with Gasteiger partial charge in [0.15, 0.2) is 0 Å². The normalized spacial score (nSPS) is 14.8. The van der Waals surface area contributed by atoms with Crippen LogP contribution in [0.1, 0.15) is 120 Å². The summed E-state index contributed by atoms with van der Waals surface area (Å²) in [5, 5.41) is 0. The highest BCUT2D eigenvalue weighted by molar-refractivity contribution is 5.77. The Kier molecular flexibility index (Phi) is 13.8. The lowest BCUT2D eigenvalue weighted by Crippen LogP contribution is -2.19. The molecule has 0 heterocycles. The van der Waals surface area contributed by atoms with E-state index in [9.17, 15) is 0 Å². The minimum atomic E-state index is -1.44. The van der Waals surface area contributed by atoms with Gasteiger partial charge in [-0.3, -0.25) is 0 Å². The fourth-order valence-corrected chi connectivity index (χ4v) is 5.97. The fraction of sp³-hybridized carbons (Fsp3) is 0.455. The van der Waals surface area contributed by atoms with Gasteiger partial charge in [-0.05, 0) is 147 Å². The highest BCUT2D eigenvalue weighted by Crippen LogP contribution is 2.38. The Labute approximate surface area is 276 Å². The van der Waals surface area contributed by atoms with Gasteiger partial charge in [-0.15, -0.1) is 0 Å². The van der Waals surface area contributed by atoms with Crippen molar-refractivity contribution in [3.63, 3.8) is 0 Å². The molecule has 1 unspecified atom stereocenters. The maximum atomic E-state index is 15.2. The summed E-state index contributed by atoms with van der Waals surface area (Å²) in [7, 11) is 0. The first-order chi connectivity index (χ1) is 21.0. The summed E-state index contributed by atoms with van der Waals surface area (Å²) < 4.78 is 15.2. The Bertz CT molecular complexity index is 1470. The van der Waals surface area contributed by atoms with Gasteiger partial charge in [-0.2, -0.15) is 0 Å². The maximum Gasteiger partial charge on any atom is 0.130 e. The van der Waals surface area contributed by atoms with E-state index in [1.165, 1.54) is 22.3 Å². The van der Waals surface area contributed by atoms with Gasteiger partial charge in [0.2, 0.25) is 0 Å². The lowest BCUT2D eigenvalue weighted by Gasteiger charge is -2.30. The second-order valence-corrected chi connectivity index (χ2v) is 14.2. The fourth-order valence-electron chi connectivity index (χ4n) is 5.97. The van der Waals surface area contributed by atoms with Crippen molar-refractivity contribution in [2.75, 3.05) is 0 Å². The van der Waals surface area contributed by atoms with Gasteiger partial charge in [0.05, 0.1) is 0 Å². The van der Waals surface area contributed by atoms with Crippen LogP contribution in [0.4, 0.5) is 4.39 Å². The predicted octanol–water partition coefficient (Wildman–Crippen LogP) is 13.4. The molecule has 0 amide bonds. The third-order valence-corrected chi connectivity index (χ3v) is 9.74. The smallest absolute Gasteiger partial charge is 0.130 e. The average molecular weight is 609 g/mol. The molecule has 0 N–H and O–H groups in total. The summed E-state index contributed by atoms with van der Waals surface area (Å²) in [6, 6.07) is 10.6. The molecule has 2 aromatic carbocycles. The predicted molar refractivity (Wildman–Crippen MR) is 200 cm³/mol. The van der Waals surface area contributed by atoms with Gasteiger partial charge in [0.25, 0.3) is 0 Å². The summed E-state index contributed by atoms with van der Waals surface area (Å²) in [5.74, 6) is 0.410. The first-order valence-corrected chi connectivity index (χ1v) is 17.0. The molecular formula is C44H61F. The maximum absolute atomic E-state index is 15.2. The van der Waals surface area contributed by atoms with Crippen molar-refractivity contribution in [2.24, 2.45) is 11.3 Å². The zero-order chi connectivity index (χ0) is 34.1. The van der Waals surface area contributed by atoms with Gasteiger partial charge in [-0.25, -0.2) is 4.39 Å². The monoisotopic (exact) mass is 608 g/mol. The van der Waals surface area contributed by atoms with E-state index >= 15 is 4.39 Å². The molecule has 0 aliphatic carbocycles. The van der Waals surface area contributed by atoms with E-state index in [-0.39, 0.29) is 5.41 Å². The summed E-state index contributed by atoms with van der Waals surface area (Å²) in [5.41, 5.74) is 12.3. The van der Waals surface area contributed by atoms with E-state index < -0.39 is 5.67 Å². The number of rotatable bonds is 16. The van der Waals surface area contributed by atoms with Crippen molar-refractivity contribution < 1.29 is 4.39 Å². The lowest BCUT2D eigenvalue weighted by atomic mass is 9.75. The Morgan fingerprint density at radius 1 is 0.933 bits per heavy atom. The lowest BCUT2D eigenvalue weighted by molar-refractivity contribution is 0.221. The molecule has 244 valence electrons. The first kappa shape index (κ1) is 38.0. The molecule has 1 heteroatoms. The minimum absolute atomic E-state index is 0.0435. The number of hydrogen-bond donors (Lipinski definition) is 0. The molecule has 0 fully saturated rings. The SMILES string of the molecule is C=C(C)/C(=C\[C@@](C)(CCCC)Cc1ccc(C)c(C)c1C)C(=C)Cc1ccc(C(C)(C)F)cc1C(/C=C\C(=C)C(C)CC)=C/C. The van der Waals surface area contributed by atoms with Gasteiger partial charge in [-0.1, -0.05) is 120 Å². The molecule has 0 aliphatic heterocycles. The molecule has 0 aliphatic rings. The zero-order valence-electron chi connectivity index (χ0n) is 30.5. The largest absolute Gasteiger partial charge is 0.239 e. The first-order valence-electron chi connectivity index (χ1n) is 17.0. The van der Waals surface area contributed by atoms with Gasteiger partial charge in [0, 0.05) is 0 Å². The topological polar surface area (TPSA) is 0 Å². The van der Waals surface area contributed by atoms with Crippen molar-refractivity contribution in [1.82, 2.24) is 0 Å². The molecule has 2 aromatic rings. The number of aryl methyl sites for hydroxylation is 1. The third kappa shape index (κ3) is 10.4. The Morgan fingerprint density at radius 3 is 2.13 bits per heavy atom. The quantitative estimate of drug-likeness (QED) is 0.166. The van der Waals surface area contributed by atoms with Crippen molar-refractivity contribution >= 4 is 5.57 Å². The van der Waals surface area contributed by atoms with E-state index in [2.05, 4.69) is 118 Å². The van der Waals surface area contributed by atoms with Crippen LogP contribution in [0.5, 0.6) is 0 Å². The van der Waals surface area contributed by atoms with E-state index in [0.717, 1.165) is 71.1 Å². The molecule has 0 bridgehead atoms. The second kappa shape index (κ2) is 16.4. The highest BCUT2D eigenvalue weighted by Gasteiger charge is 2.26. The van der Waals surface area contributed by atoms with Crippen LogP contribution in [0.15, 0.2) is 96.7 Å².